The molecule has 0 aliphatic heterocycles. The van der Waals surface area contributed by atoms with Gasteiger partial charge in [-0.05, 0) is 41.5 Å². The van der Waals surface area contributed by atoms with Crippen LogP contribution in [-0.2, 0) is 0 Å². The molecule has 0 saturated heterocycles. The highest BCUT2D eigenvalue weighted by atomic mass is 79.9. The summed E-state index contributed by atoms with van der Waals surface area (Å²) in [6, 6.07) is 12.3. The highest BCUT2D eigenvalue weighted by Gasteiger charge is 2.14. The van der Waals surface area contributed by atoms with Crippen molar-refractivity contribution in [2.24, 2.45) is 0 Å². The van der Waals surface area contributed by atoms with Crippen LogP contribution in [0.1, 0.15) is 16.0 Å². The lowest BCUT2D eigenvalue weighted by Gasteiger charge is -2.13. The molecule has 0 N–H and O–H groups in total. The zero-order valence-corrected chi connectivity index (χ0v) is 12.8. The molecule has 0 aliphatic carbocycles. The topological polar surface area (TPSA) is 9.23 Å². The molecule has 0 heterocycles. The third-order valence-electron chi connectivity index (χ3n) is 2.64. The van der Waals surface area contributed by atoms with Gasteiger partial charge in [-0.1, -0.05) is 44.0 Å². The van der Waals surface area contributed by atoms with Crippen molar-refractivity contribution in [3.8, 4) is 5.75 Å². The Balaban J connectivity index is 2.34. The maximum Gasteiger partial charge on any atom is 0.123 e. The van der Waals surface area contributed by atoms with Gasteiger partial charge in [0.2, 0.25) is 0 Å². The maximum atomic E-state index is 13.3. The Bertz CT molecular complexity index is 540. The Hall–Kier alpha value is -0.870. The van der Waals surface area contributed by atoms with Crippen LogP contribution in [0.5, 0.6) is 5.75 Å². The second-order valence-corrected chi connectivity index (χ2v) is 5.57. The summed E-state index contributed by atoms with van der Waals surface area (Å²) >= 11 is 7.02. The molecule has 0 aromatic heterocycles. The molecule has 0 spiro atoms. The molecule has 0 saturated carbocycles. The van der Waals surface area contributed by atoms with Gasteiger partial charge in [-0.15, -0.1) is 0 Å². The molecule has 0 fully saturated rings. The first kappa shape index (κ1) is 13.6. The quantitative estimate of drug-likeness (QED) is 0.681. The lowest BCUT2D eigenvalue weighted by atomic mass is 10.0. The summed E-state index contributed by atoms with van der Waals surface area (Å²) in [7, 11) is 1.63. The van der Waals surface area contributed by atoms with E-state index in [-0.39, 0.29) is 10.6 Å². The summed E-state index contributed by atoms with van der Waals surface area (Å²) in [4.78, 5) is -0.0616. The molecule has 0 aliphatic rings. The zero-order valence-electron chi connectivity index (χ0n) is 9.66. The van der Waals surface area contributed by atoms with E-state index in [4.69, 9.17) is 4.74 Å². The van der Waals surface area contributed by atoms with Crippen LogP contribution >= 0.6 is 31.9 Å². The van der Waals surface area contributed by atoms with Crippen LogP contribution in [0.4, 0.5) is 4.39 Å². The van der Waals surface area contributed by atoms with E-state index in [1.165, 1.54) is 12.1 Å². The predicted molar refractivity (Wildman–Crippen MR) is 77.9 cm³/mol. The van der Waals surface area contributed by atoms with E-state index in [0.717, 1.165) is 21.3 Å². The first-order valence-corrected chi connectivity index (χ1v) is 7.05. The molecule has 2 aromatic rings. The Morgan fingerprint density at radius 2 is 1.78 bits per heavy atom. The molecule has 0 bridgehead atoms. The number of hydrogen-bond donors (Lipinski definition) is 0. The number of rotatable bonds is 3. The number of methoxy groups -OCH3 is 1. The average Bonchev–Trinajstić information content (AvgIpc) is 2.41. The molecule has 1 nitrogen and oxygen atoms in total. The molecule has 0 amide bonds. The van der Waals surface area contributed by atoms with Crippen molar-refractivity contribution >= 4 is 31.9 Å². The van der Waals surface area contributed by atoms with Gasteiger partial charge in [-0.25, -0.2) is 4.39 Å². The predicted octanol–water partition coefficient (Wildman–Crippen LogP) is 5.08. The van der Waals surface area contributed by atoms with E-state index in [1.54, 1.807) is 13.2 Å². The standard InChI is InChI=1S/C14H11Br2FO/c1-18-11-5-2-9(3-6-11)14(16)12-8-10(17)4-7-13(12)15/h2-8,14H,1H3. The van der Waals surface area contributed by atoms with Crippen molar-refractivity contribution in [1.29, 1.82) is 0 Å². The molecule has 18 heavy (non-hydrogen) atoms. The van der Waals surface area contributed by atoms with Gasteiger partial charge in [0.1, 0.15) is 11.6 Å². The molecule has 0 radical (unpaired) electrons. The second-order valence-electron chi connectivity index (χ2n) is 3.80. The van der Waals surface area contributed by atoms with Crippen LogP contribution in [0.15, 0.2) is 46.9 Å². The number of alkyl halides is 1. The van der Waals surface area contributed by atoms with E-state index in [1.807, 2.05) is 24.3 Å². The molecule has 94 valence electrons. The van der Waals surface area contributed by atoms with Crippen LogP contribution in [0.2, 0.25) is 0 Å². The minimum absolute atomic E-state index is 0.0616. The number of benzene rings is 2. The van der Waals surface area contributed by atoms with Crippen LogP contribution in [0, 0.1) is 5.82 Å². The van der Waals surface area contributed by atoms with Gasteiger partial charge >= 0.3 is 0 Å². The van der Waals surface area contributed by atoms with Gasteiger partial charge in [-0.3, -0.25) is 0 Å². The molecule has 2 aromatic carbocycles. The number of ether oxygens (including phenoxy) is 1. The second kappa shape index (κ2) is 5.85. The molecular weight excluding hydrogens is 363 g/mol. The maximum absolute atomic E-state index is 13.3. The fourth-order valence-corrected chi connectivity index (χ4v) is 3.13. The fourth-order valence-electron chi connectivity index (χ4n) is 1.66. The summed E-state index contributed by atoms with van der Waals surface area (Å²) in [5.74, 6) is 0.558. The Morgan fingerprint density at radius 1 is 1.11 bits per heavy atom. The van der Waals surface area contributed by atoms with Crippen molar-refractivity contribution in [2.75, 3.05) is 7.11 Å². The van der Waals surface area contributed by atoms with Crippen molar-refractivity contribution in [3.63, 3.8) is 0 Å². The largest absolute Gasteiger partial charge is 0.497 e. The molecule has 1 unspecified atom stereocenters. The monoisotopic (exact) mass is 372 g/mol. The number of halogens is 3. The summed E-state index contributed by atoms with van der Waals surface area (Å²) in [6.07, 6.45) is 0. The molecule has 2 rings (SSSR count). The van der Waals surface area contributed by atoms with Crippen LogP contribution in [0.25, 0.3) is 0 Å². The van der Waals surface area contributed by atoms with Crippen LogP contribution < -0.4 is 4.74 Å². The number of hydrogen-bond acceptors (Lipinski definition) is 1. The highest BCUT2D eigenvalue weighted by Crippen LogP contribution is 2.36. The van der Waals surface area contributed by atoms with Crippen molar-refractivity contribution in [1.82, 2.24) is 0 Å². The van der Waals surface area contributed by atoms with Crippen LogP contribution in [0.3, 0.4) is 0 Å². The van der Waals surface area contributed by atoms with Gasteiger partial charge in [0.25, 0.3) is 0 Å². The van der Waals surface area contributed by atoms with Crippen LogP contribution in [-0.4, -0.2) is 7.11 Å². The first-order chi connectivity index (χ1) is 8.61. The van der Waals surface area contributed by atoms with Gasteiger partial charge in [-0.2, -0.15) is 0 Å². The average molecular weight is 374 g/mol. The molecule has 1 atom stereocenters. The Labute approximate surface area is 122 Å². The molecule has 4 heteroatoms. The van der Waals surface area contributed by atoms with E-state index in [0.29, 0.717) is 0 Å². The van der Waals surface area contributed by atoms with Gasteiger partial charge < -0.3 is 4.74 Å². The zero-order chi connectivity index (χ0) is 13.1. The lowest BCUT2D eigenvalue weighted by Crippen LogP contribution is -1.95. The summed E-state index contributed by atoms with van der Waals surface area (Å²) in [5.41, 5.74) is 1.90. The van der Waals surface area contributed by atoms with Crippen molar-refractivity contribution in [2.45, 2.75) is 4.83 Å². The van der Waals surface area contributed by atoms with Crippen molar-refractivity contribution in [3.05, 3.63) is 63.9 Å². The summed E-state index contributed by atoms with van der Waals surface area (Å²) in [5, 5.41) is 0. The first-order valence-electron chi connectivity index (χ1n) is 5.35. The third-order valence-corrected chi connectivity index (χ3v) is 4.38. The summed E-state index contributed by atoms with van der Waals surface area (Å²) in [6.45, 7) is 0. The lowest BCUT2D eigenvalue weighted by molar-refractivity contribution is 0.414. The normalized spacial score (nSPS) is 12.2. The fraction of sp³-hybridized carbons (Fsp3) is 0.143. The smallest absolute Gasteiger partial charge is 0.123 e. The SMILES string of the molecule is COc1ccc(C(Br)c2cc(F)ccc2Br)cc1. The minimum atomic E-state index is -0.244. The van der Waals surface area contributed by atoms with Gasteiger partial charge in [0.05, 0.1) is 11.9 Å². The van der Waals surface area contributed by atoms with E-state index >= 15 is 0 Å². The van der Waals surface area contributed by atoms with E-state index < -0.39 is 0 Å². The Kier molecular flexibility index (Phi) is 4.40. The van der Waals surface area contributed by atoms with E-state index in [9.17, 15) is 4.39 Å². The van der Waals surface area contributed by atoms with Gasteiger partial charge in [0.15, 0.2) is 0 Å². The third kappa shape index (κ3) is 2.93. The van der Waals surface area contributed by atoms with Gasteiger partial charge in [0, 0.05) is 4.47 Å². The van der Waals surface area contributed by atoms with Crippen molar-refractivity contribution < 1.29 is 9.13 Å². The minimum Gasteiger partial charge on any atom is -0.497 e. The molecular formula is C14H11Br2FO. The Morgan fingerprint density at radius 3 is 2.39 bits per heavy atom. The highest BCUT2D eigenvalue weighted by molar-refractivity contribution is 9.11. The van der Waals surface area contributed by atoms with E-state index in [2.05, 4.69) is 31.9 Å². The summed E-state index contributed by atoms with van der Waals surface area (Å²) < 4.78 is 19.3.